The summed E-state index contributed by atoms with van der Waals surface area (Å²) < 4.78 is 12.3. The normalized spacial score (nSPS) is 17.3. The number of hydrogen-bond acceptors (Lipinski definition) is 6. The number of para-hydroxylation sites is 1. The Labute approximate surface area is 209 Å². The van der Waals surface area contributed by atoms with Crippen LogP contribution in [0.3, 0.4) is 0 Å². The summed E-state index contributed by atoms with van der Waals surface area (Å²) in [6, 6.07) is 14.5. The fraction of sp³-hybridized carbons (Fsp3) is 0.308. The molecule has 3 heterocycles. The van der Waals surface area contributed by atoms with Gasteiger partial charge in [-0.15, -0.1) is 0 Å². The molecule has 2 atom stereocenters. The van der Waals surface area contributed by atoms with Crippen LogP contribution in [0.4, 0.5) is 0 Å². The first kappa shape index (κ1) is 24.4. The molecule has 35 heavy (non-hydrogen) atoms. The van der Waals surface area contributed by atoms with E-state index in [4.69, 9.17) is 21.7 Å². The van der Waals surface area contributed by atoms with Crippen molar-refractivity contribution in [1.82, 2.24) is 19.8 Å². The van der Waals surface area contributed by atoms with Gasteiger partial charge in [0.2, 0.25) is 0 Å². The van der Waals surface area contributed by atoms with Gasteiger partial charge in [0.05, 0.1) is 42.7 Å². The lowest BCUT2D eigenvalue weighted by Crippen LogP contribution is -2.35. The quantitative estimate of drug-likeness (QED) is 0.394. The lowest BCUT2D eigenvalue weighted by atomic mass is 9.96. The van der Waals surface area contributed by atoms with Crippen LogP contribution in [-0.4, -0.2) is 51.8 Å². The van der Waals surface area contributed by atoms with E-state index in [0.717, 1.165) is 28.3 Å². The summed E-state index contributed by atoms with van der Waals surface area (Å²) in [6.45, 7) is 6.06. The van der Waals surface area contributed by atoms with Crippen molar-refractivity contribution < 1.29 is 19.1 Å². The van der Waals surface area contributed by atoms with E-state index in [1.54, 1.807) is 19.2 Å². The number of carbonyl (C=O) groups is 2. The van der Waals surface area contributed by atoms with Gasteiger partial charge in [-0.3, -0.25) is 9.78 Å². The molecule has 9 heteroatoms. The Morgan fingerprint density at radius 1 is 1.14 bits per heavy atom. The minimum atomic E-state index is -0.409. The summed E-state index contributed by atoms with van der Waals surface area (Å²) in [4.78, 5) is 31.4. The smallest absolute Gasteiger partial charge is 0.339 e. The maximum Gasteiger partial charge on any atom is 0.339 e. The van der Waals surface area contributed by atoms with E-state index in [9.17, 15) is 9.59 Å². The first-order valence-electron chi connectivity index (χ1n) is 11.4. The van der Waals surface area contributed by atoms with E-state index in [0.29, 0.717) is 17.3 Å². The number of thiocarbonyl (C=S) groups is 1. The highest BCUT2D eigenvalue weighted by atomic mass is 32.1. The number of ether oxygens (including phenoxy) is 2. The number of nitrogens with one attached hydrogen (secondary N) is 1. The zero-order chi connectivity index (χ0) is 25.1. The highest BCUT2D eigenvalue weighted by Gasteiger charge is 2.42. The first-order chi connectivity index (χ1) is 16.9. The molecule has 1 saturated heterocycles. The summed E-state index contributed by atoms with van der Waals surface area (Å²) >= 11 is 5.66. The van der Waals surface area contributed by atoms with E-state index in [2.05, 4.69) is 16.4 Å². The van der Waals surface area contributed by atoms with Crippen LogP contribution < -0.4 is 5.32 Å². The molecule has 0 unspecified atom stereocenters. The molecule has 1 fully saturated rings. The Hall–Kier alpha value is -3.72. The third-order valence-electron chi connectivity index (χ3n) is 6.14. The molecular weight excluding hydrogens is 464 g/mol. The maximum atomic E-state index is 12.5. The van der Waals surface area contributed by atoms with Gasteiger partial charge < -0.3 is 24.3 Å². The number of aryl methyl sites for hydroxylation is 1. The van der Waals surface area contributed by atoms with Gasteiger partial charge in [-0.05, 0) is 68.9 Å². The summed E-state index contributed by atoms with van der Waals surface area (Å²) in [7, 11) is 1.37. The van der Waals surface area contributed by atoms with Crippen molar-refractivity contribution >= 4 is 29.3 Å². The van der Waals surface area contributed by atoms with Crippen LogP contribution in [0, 0.1) is 13.8 Å². The molecule has 0 saturated carbocycles. The van der Waals surface area contributed by atoms with Gasteiger partial charge in [-0.2, -0.15) is 0 Å². The first-order valence-corrected chi connectivity index (χ1v) is 11.8. The van der Waals surface area contributed by atoms with Crippen LogP contribution >= 0.6 is 12.2 Å². The Morgan fingerprint density at radius 2 is 1.89 bits per heavy atom. The fourth-order valence-electron chi connectivity index (χ4n) is 4.67. The Bertz CT molecular complexity index is 1260. The number of hydrogen-bond donors (Lipinski definition) is 1. The van der Waals surface area contributed by atoms with Crippen LogP contribution in [0.15, 0.2) is 54.7 Å². The number of rotatable bonds is 7. The van der Waals surface area contributed by atoms with E-state index in [1.807, 2.05) is 59.7 Å². The molecule has 182 valence electrons. The van der Waals surface area contributed by atoms with Crippen LogP contribution in [0.2, 0.25) is 0 Å². The van der Waals surface area contributed by atoms with Crippen molar-refractivity contribution in [2.75, 3.05) is 20.3 Å². The summed E-state index contributed by atoms with van der Waals surface area (Å²) in [5, 5.41) is 3.81. The summed E-state index contributed by atoms with van der Waals surface area (Å²) in [5.74, 6) is -0.762. The van der Waals surface area contributed by atoms with E-state index in [-0.39, 0.29) is 24.6 Å². The van der Waals surface area contributed by atoms with Gasteiger partial charge in [0.25, 0.3) is 0 Å². The molecule has 1 aliphatic rings. The van der Waals surface area contributed by atoms with Gasteiger partial charge in [0, 0.05) is 17.6 Å². The zero-order valence-corrected chi connectivity index (χ0v) is 21.0. The van der Waals surface area contributed by atoms with Gasteiger partial charge in [-0.25, -0.2) is 4.79 Å². The molecule has 3 aromatic rings. The number of carbonyl (C=O) groups excluding carboxylic acids is 2. The van der Waals surface area contributed by atoms with E-state index < -0.39 is 5.97 Å². The molecule has 0 amide bonds. The molecule has 0 radical (unpaired) electrons. The predicted octanol–water partition coefficient (Wildman–Crippen LogP) is 3.81. The van der Waals surface area contributed by atoms with Crippen molar-refractivity contribution in [3.63, 3.8) is 0 Å². The van der Waals surface area contributed by atoms with Crippen molar-refractivity contribution in [2.24, 2.45) is 0 Å². The third kappa shape index (κ3) is 4.64. The Balaban J connectivity index is 1.85. The highest BCUT2D eigenvalue weighted by Crippen LogP contribution is 2.41. The highest BCUT2D eigenvalue weighted by molar-refractivity contribution is 7.80. The molecule has 0 spiro atoms. The SMILES string of the molecule is CCOC(=O)CN1C(=S)N[C@H](c2ccccn2)[C@H]1c1cc(C)n(-c2ccccc2C(=O)OC)c1C. The largest absolute Gasteiger partial charge is 0.465 e. The number of methoxy groups -OCH3 is 1. The van der Waals surface area contributed by atoms with Gasteiger partial charge in [0.1, 0.15) is 6.54 Å². The van der Waals surface area contributed by atoms with Crippen molar-refractivity contribution in [3.8, 4) is 5.69 Å². The van der Waals surface area contributed by atoms with Crippen molar-refractivity contribution in [1.29, 1.82) is 0 Å². The van der Waals surface area contributed by atoms with Crippen LogP contribution in [0.1, 0.15) is 52.0 Å². The number of nitrogens with zero attached hydrogens (tertiary/aromatic N) is 3. The molecule has 0 bridgehead atoms. The second-order valence-corrected chi connectivity index (χ2v) is 8.62. The second kappa shape index (κ2) is 10.3. The Morgan fingerprint density at radius 3 is 2.57 bits per heavy atom. The number of pyridine rings is 1. The molecule has 0 aliphatic carbocycles. The number of aromatic nitrogens is 2. The summed E-state index contributed by atoms with van der Waals surface area (Å²) in [6.07, 6.45) is 1.74. The molecule has 4 rings (SSSR count). The molecular formula is C26H28N4O4S. The van der Waals surface area contributed by atoms with Gasteiger partial charge in [0.15, 0.2) is 5.11 Å². The molecule has 2 aromatic heterocycles. The molecule has 1 aliphatic heterocycles. The minimum absolute atomic E-state index is 0.0100. The fourth-order valence-corrected chi connectivity index (χ4v) is 4.97. The van der Waals surface area contributed by atoms with Crippen molar-refractivity contribution in [3.05, 3.63) is 82.9 Å². The topological polar surface area (TPSA) is 85.7 Å². The minimum Gasteiger partial charge on any atom is -0.465 e. The second-order valence-electron chi connectivity index (χ2n) is 8.23. The van der Waals surface area contributed by atoms with E-state index >= 15 is 0 Å². The molecule has 1 N–H and O–H groups in total. The lowest BCUT2D eigenvalue weighted by molar-refractivity contribution is -0.143. The van der Waals surface area contributed by atoms with Crippen LogP contribution in [0.25, 0.3) is 5.69 Å². The number of benzene rings is 1. The third-order valence-corrected chi connectivity index (χ3v) is 6.49. The monoisotopic (exact) mass is 492 g/mol. The van der Waals surface area contributed by atoms with Crippen LogP contribution in [-0.2, 0) is 14.3 Å². The van der Waals surface area contributed by atoms with Crippen molar-refractivity contribution in [2.45, 2.75) is 32.9 Å². The van der Waals surface area contributed by atoms with E-state index in [1.165, 1.54) is 7.11 Å². The summed E-state index contributed by atoms with van der Waals surface area (Å²) in [5.41, 5.74) is 4.82. The van der Waals surface area contributed by atoms with Gasteiger partial charge in [-0.1, -0.05) is 18.2 Å². The zero-order valence-electron chi connectivity index (χ0n) is 20.1. The average Bonchev–Trinajstić information content (AvgIpc) is 3.33. The lowest BCUT2D eigenvalue weighted by Gasteiger charge is -2.27. The molecule has 8 nitrogen and oxygen atoms in total. The maximum absolute atomic E-state index is 12.5. The molecule has 1 aromatic carbocycles. The Kier molecular flexibility index (Phi) is 7.16. The predicted molar refractivity (Wildman–Crippen MR) is 135 cm³/mol. The van der Waals surface area contributed by atoms with Gasteiger partial charge >= 0.3 is 11.9 Å². The number of esters is 2. The average molecular weight is 493 g/mol. The van der Waals surface area contributed by atoms with Crippen LogP contribution in [0.5, 0.6) is 0 Å². The standard InChI is InChI=1S/C26H28N4O4S/c1-5-34-22(31)15-29-24(23(28-26(29)35)20-11-8-9-13-27-20)19-14-16(2)30(17(19)3)21-12-7-6-10-18(21)25(32)33-4/h6-14,23-24H,5,15H2,1-4H3,(H,28,35)/t23-,24-/m1/s1.